The summed E-state index contributed by atoms with van der Waals surface area (Å²) in [4.78, 5) is 22.2. The molecule has 0 saturated heterocycles. The Labute approximate surface area is 103 Å². The highest BCUT2D eigenvalue weighted by atomic mass is 16.2. The third kappa shape index (κ3) is 6.51. The van der Waals surface area contributed by atoms with Crippen LogP contribution in [-0.2, 0) is 16.0 Å². The van der Waals surface area contributed by atoms with Gasteiger partial charge in [-0.3, -0.25) is 9.59 Å². The molecule has 0 heterocycles. The third-order valence-electron chi connectivity index (χ3n) is 2.15. The summed E-state index contributed by atoms with van der Waals surface area (Å²) in [6, 6.07) is 9.23. The quantitative estimate of drug-likeness (QED) is 0.870. The van der Waals surface area contributed by atoms with Crippen LogP contribution < -0.4 is 5.32 Å². The largest absolute Gasteiger partial charge is 0.346 e. The molecule has 1 N–H and O–H groups in total. The van der Waals surface area contributed by atoms with Gasteiger partial charge in [-0.2, -0.15) is 0 Å². The van der Waals surface area contributed by atoms with Gasteiger partial charge in [0, 0.05) is 6.92 Å². The molecule has 0 aliphatic carbocycles. The van der Waals surface area contributed by atoms with Crippen molar-refractivity contribution in [3.8, 4) is 0 Å². The van der Waals surface area contributed by atoms with Gasteiger partial charge in [-0.1, -0.05) is 44.2 Å². The highest BCUT2D eigenvalue weighted by Gasteiger charge is 2.15. The number of carbonyl (C=O) groups excluding carboxylic acids is 2. The molecule has 3 heteroatoms. The smallest absolute Gasteiger partial charge is 0.217 e. The van der Waals surface area contributed by atoms with Crippen molar-refractivity contribution in [2.24, 2.45) is 0 Å². The molecule has 0 aromatic heterocycles. The van der Waals surface area contributed by atoms with Gasteiger partial charge >= 0.3 is 0 Å². The van der Waals surface area contributed by atoms with Crippen molar-refractivity contribution in [1.29, 1.82) is 0 Å². The summed E-state index contributed by atoms with van der Waals surface area (Å²) < 4.78 is 0. The Morgan fingerprint density at radius 3 is 2.06 bits per heavy atom. The molecule has 0 saturated carbocycles. The van der Waals surface area contributed by atoms with Crippen molar-refractivity contribution < 1.29 is 9.59 Å². The lowest BCUT2D eigenvalue weighted by Crippen LogP contribution is -2.40. The van der Waals surface area contributed by atoms with E-state index in [-0.39, 0.29) is 11.7 Å². The van der Waals surface area contributed by atoms with E-state index in [1.165, 1.54) is 13.8 Å². The highest BCUT2D eigenvalue weighted by Crippen LogP contribution is 2.03. The van der Waals surface area contributed by atoms with E-state index in [0.717, 1.165) is 5.56 Å². The minimum absolute atomic E-state index is 0.0194. The fourth-order valence-electron chi connectivity index (χ4n) is 1.39. The second-order valence-electron chi connectivity index (χ2n) is 3.55. The Morgan fingerprint density at radius 1 is 1.12 bits per heavy atom. The Kier molecular flexibility index (Phi) is 7.68. The van der Waals surface area contributed by atoms with Crippen molar-refractivity contribution >= 4 is 11.7 Å². The summed E-state index contributed by atoms with van der Waals surface area (Å²) in [6.07, 6.45) is 0.551. The second-order valence-corrected chi connectivity index (χ2v) is 3.55. The molecule has 1 amide bonds. The van der Waals surface area contributed by atoms with E-state index in [0.29, 0.717) is 6.42 Å². The molecule has 17 heavy (non-hydrogen) atoms. The Morgan fingerprint density at radius 2 is 1.65 bits per heavy atom. The molecule has 0 aliphatic heterocycles. The van der Waals surface area contributed by atoms with E-state index in [4.69, 9.17) is 0 Å². The fraction of sp³-hybridized carbons (Fsp3) is 0.429. The Hall–Kier alpha value is -1.64. The SMILES string of the molecule is CC.CC(=O)NC(Cc1ccccc1)C(C)=O. The average molecular weight is 235 g/mol. The first-order chi connectivity index (χ1) is 8.09. The minimum Gasteiger partial charge on any atom is -0.346 e. The Bertz CT molecular complexity index is 346. The van der Waals surface area contributed by atoms with Crippen molar-refractivity contribution in [3.63, 3.8) is 0 Å². The van der Waals surface area contributed by atoms with Crippen LogP contribution in [0.15, 0.2) is 30.3 Å². The normalized spacial score (nSPS) is 10.8. The predicted molar refractivity (Wildman–Crippen MR) is 69.8 cm³/mol. The predicted octanol–water partition coefficient (Wildman–Crippen LogP) is 2.35. The average Bonchev–Trinajstić information content (AvgIpc) is 2.31. The lowest BCUT2D eigenvalue weighted by molar-refractivity contribution is -0.125. The third-order valence-corrected chi connectivity index (χ3v) is 2.15. The Balaban J connectivity index is 0.00000121. The van der Waals surface area contributed by atoms with E-state index >= 15 is 0 Å². The van der Waals surface area contributed by atoms with Crippen LogP contribution in [0.25, 0.3) is 0 Å². The van der Waals surface area contributed by atoms with Crippen molar-refractivity contribution in [2.75, 3.05) is 0 Å². The zero-order chi connectivity index (χ0) is 13.3. The number of rotatable bonds is 4. The molecule has 1 rings (SSSR count). The van der Waals surface area contributed by atoms with Crippen LogP contribution in [0.1, 0.15) is 33.3 Å². The van der Waals surface area contributed by atoms with Crippen molar-refractivity contribution in [2.45, 2.75) is 40.2 Å². The first-order valence-electron chi connectivity index (χ1n) is 5.91. The monoisotopic (exact) mass is 235 g/mol. The van der Waals surface area contributed by atoms with Crippen LogP contribution in [0, 0.1) is 0 Å². The van der Waals surface area contributed by atoms with Crippen LogP contribution in [-0.4, -0.2) is 17.7 Å². The van der Waals surface area contributed by atoms with Gasteiger partial charge in [-0.25, -0.2) is 0 Å². The van der Waals surface area contributed by atoms with Gasteiger partial charge in [0.2, 0.25) is 5.91 Å². The van der Waals surface area contributed by atoms with Gasteiger partial charge in [0.05, 0.1) is 6.04 Å². The molecule has 1 aromatic carbocycles. The van der Waals surface area contributed by atoms with Gasteiger partial charge in [-0.05, 0) is 18.9 Å². The maximum absolute atomic E-state index is 11.3. The molecule has 0 fully saturated rings. The standard InChI is InChI=1S/C12H15NO2.C2H6/c1-9(14)12(13-10(2)15)8-11-6-4-3-5-7-11;1-2/h3-7,12H,8H2,1-2H3,(H,13,15);1-2H3. The molecule has 1 aromatic rings. The van der Waals surface area contributed by atoms with Crippen LogP contribution in [0.5, 0.6) is 0 Å². The summed E-state index contributed by atoms with van der Waals surface area (Å²) in [6.45, 7) is 6.91. The lowest BCUT2D eigenvalue weighted by atomic mass is 10.0. The molecular formula is C14H21NO2. The first-order valence-corrected chi connectivity index (χ1v) is 5.91. The molecule has 0 radical (unpaired) electrons. The number of hydrogen-bond donors (Lipinski definition) is 1. The molecule has 94 valence electrons. The summed E-state index contributed by atoms with van der Waals surface area (Å²) in [5.41, 5.74) is 1.05. The molecular weight excluding hydrogens is 214 g/mol. The van der Waals surface area contributed by atoms with Crippen LogP contribution >= 0.6 is 0 Å². The summed E-state index contributed by atoms with van der Waals surface area (Å²) in [5, 5.41) is 2.64. The van der Waals surface area contributed by atoms with Gasteiger partial charge in [0.25, 0.3) is 0 Å². The molecule has 0 spiro atoms. The van der Waals surface area contributed by atoms with Crippen LogP contribution in [0.2, 0.25) is 0 Å². The maximum atomic E-state index is 11.3. The topological polar surface area (TPSA) is 46.2 Å². The van der Waals surface area contributed by atoms with E-state index in [2.05, 4.69) is 5.32 Å². The van der Waals surface area contributed by atoms with E-state index in [1.54, 1.807) is 0 Å². The highest BCUT2D eigenvalue weighted by molar-refractivity contribution is 5.86. The molecule has 1 atom stereocenters. The first kappa shape index (κ1) is 15.4. The summed E-state index contributed by atoms with van der Waals surface area (Å²) >= 11 is 0. The van der Waals surface area contributed by atoms with E-state index in [1.807, 2.05) is 44.2 Å². The maximum Gasteiger partial charge on any atom is 0.217 e. The van der Waals surface area contributed by atoms with E-state index < -0.39 is 6.04 Å². The number of hydrogen-bond acceptors (Lipinski definition) is 2. The van der Waals surface area contributed by atoms with Gasteiger partial charge in [0.1, 0.15) is 0 Å². The van der Waals surface area contributed by atoms with Gasteiger partial charge < -0.3 is 5.32 Å². The molecule has 1 unspecified atom stereocenters. The van der Waals surface area contributed by atoms with E-state index in [9.17, 15) is 9.59 Å². The molecule has 3 nitrogen and oxygen atoms in total. The second kappa shape index (κ2) is 8.50. The van der Waals surface area contributed by atoms with Crippen molar-refractivity contribution in [3.05, 3.63) is 35.9 Å². The van der Waals surface area contributed by atoms with Gasteiger partial charge in [0.15, 0.2) is 5.78 Å². The van der Waals surface area contributed by atoms with Gasteiger partial charge in [-0.15, -0.1) is 0 Å². The number of carbonyl (C=O) groups is 2. The molecule has 0 bridgehead atoms. The zero-order valence-corrected chi connectivity index (χ0v) is 11.0. The summed E-state index contributed by atoms with van der Waals surface area (Å²) in [5.74, 6) is -0.194. The van der Waals surface area contributed by atoms with Crippen molar-refractivity contribution in [1.82, 2.24) is 5.32 Å². The fourth-order valence-corrected chi connectivity index (χ4v) is 1.39. The lowest BCUT2D eigenvalue weighted by Gasteiger charge is -2.14. The molecule has 0 aliphatic rings. The number of nitrogens with one attached hydrogen (secondary N) is 1. The van der Waals surface area contributed by atoms with Crippen LogP contribution in [0.3, 0.4) is 0 Å². The number of ketones is 1. The number of Topliss-reactive ketones (excluding diaryl/α,β-unsaturated/α-hetero) is 1. The number of benzene rings is 1. The number of amides is 1. The van der Waals surface area contributed by atoms with Crippen LogP contribution in [0.4, 0.5) is 0 Å². The summed E-state index contributed by atoms with van der Waals surface area (Å²) in [7, 11) is 0. The zero-order valence-electron chi connectivity index (χ0n) is 11.0. The minimum atomic E-state index is -0.412.